The van der Waals surface area contributed by atoms with Crippen molar-refractivity contribution >= 4 is 0 Å². The van der Waals surface area contributed by atoms with E-state index in [0.29, 0.717) is 0 Å². The van der Waals surface area contributed by atoms with Crippen molar-refractivity contribution in [1.29, 1.82) is 0 Å². The molecule has 0 aliphatic heterocycles. The Morgan fingerprint density at radius 2 is 1.33 bits per heavy atom. The van der Waals surface area contributed by atoms with Gasteiger partial charge in [-0.2, -0.15) is 0 Å². The molecule has 0 atom stereocenters. The molecular formula is C15H16. The fraction of sp³-hybridized carbons (Fsp3) is 0.200. The van der Waals surface area contributed by atoms with E-state index >= 15 is 0 Å². The van der Waals surface area contributed by atoms with E-state index in [1.165, 1.54) is 27.8 Å². The lowest BCUT2D eigenvalue weighted by atomic mass is 9.95. The minimum atomic E-state index is 1.32. The highest BCUT2D eigenvalue weighted by Gasteiger charge is 2.03. The Morgan fingerprint density at radius 1 is 0.667 bits per heavy atom. The van der Waals surface area contributed by atoms with Crippen LogP contribution in [0.2, 0.25) is 0 Å². The number of rotatable bonds is 1. The van der Waals surface area contributed by atoms with Gasteiger partial charge in [0.1, 0.15) is 0 Å². The minimum absolute atomic E-state index is 1.32. The molecule has 0 amide bonds. The van der Waals surface area contributed by atoms with Gasteiger partial charge in [0.05, 0.1) is 0 Å². The second-order valence-corrected chi connectivity index (χ2v) is 4.13. The van der Waals surface area contributed by atoms with E-state index in [1.54, 1.807) is 0 Å². The second kappa shape index (κ2) is 3.90. The van der Waals surface area contributed by atoms with Crippen molar-refractivity contribution in [3.63, 3.8) is 0 Å². The van der Waals surface area contributed by atoms with Crippen molar-refractivity contribution in [3.05, 3.63) is 59.2 Å². The highest BCUT2D eigenvalue weighted by Crippen LogP contribution is 2.27. The Balaban J connectivity index is 2.64. The third kappa shape index (κ3) is 1.94. The number of benzene rings is 2. The van der Waals surface area contributed by atoms with E-state index in [9.17, 15) is 0 Å². The highest BCUT2D eigenvalue weighted by atomic mass is 14.1. The summed E-state index contributed by atoms with van der Waals surface area (Å²) in [7, 11) is 0. The minimum Gasteiger partial charge on any atom is -0.0620 e. The highest BCUT2D eigenvalue weighted by molar-refractivity contribution is 5.70. The van der Waals surface area contributed by atoms with Crippen LogP contribution in [0, 0.1) is 20.8 Å². The van der Waals surface area contributed by atoms with Crippen LogP contribution in [0.25, 0.3) is 11.1 Å². The summed E-state index contributed by atoms with van der Waals surface area (Å²) in [6.45, 7) is 6.47. The molecule has 15 heavy (non-hydrogen) atoms. The molecule has 0 radical (unpaired) electrons. The normalized spacial score (nSPS) is 10.3. The van der Waals surface area contributed by atoms with Crippen LogP contribution < -0.4 is 0 Å². The second-order valence-electron chi connectivity index (χ2n) is 4.13. The first-order chi connectivity index (χ1) is 7.18. The largest absolute Gasteiger partial charge is 0.0620 e. The van der Waals surface area contributed by atoms with Gasteiger partial charge in [-0.3, -0.25) is 0 Å². The van der Waals surface area contributed by atoms with E-state index in [4.69, 9.17) is 0 Å². The average molecular weight is 196 g/mol. The maximum absolute atomic E-state index is 2.26. The molecule has 0 aliphatic rings. The molecule has 0 bridgehead atoms. The van der Waals surface area contributed by atoms with E-state index in [-0.39, 0.29) is 0 Å². The van der Waals surface area contributed by atoms with Crippen LogP contribution in [0.1, 0.15) is 16.7 Å². The van der Waals surface area contributed by atoms with Crippen LogP contribution in [-0.2, 0) is 0 Å². The lowest BCUT2D eigenvalue weighted by Gasteiger charge is -2.09. The van der Waals surface area contributed by atoms with Gasteiger partial charge in [0.15, 0.2) is 0 Å². The molecule has 0 fully saturated rings. The SMILES string of the molecule is Cc1ccc(C)c(-c2ccccc2C)c1. The summed E-state index contributed by atoms with van der Waals surface area (Å²) in [6, 6.07) is 15.2. The standard InChI is InChI=1S/C15H16/c1-11-8-9-13(3)15(10-11)14-7-5-4-6-12(14)2/h4-10H,1-3H3. The lowest BCUT2D eigenvalue weighted by Crippen LogP contribution is -1.87. The molecule has 0 heteroatoms. The molecule has 0 heterocycles. The number of hydrogen-bond donors (Lipinski definition) is 0. The first-order valence-corrected chi connectivity index (χ1v) is 5.32. The molecule has 0 N–H and O–H groups in total. The first-order valence-electron chi connectivity index (χ1n) is 5.32. The monoisotopic (exact) mass is 196 g/mol. The summed E-state index contributed by atoms with van der Waals surface area (Å²) in [5.74, 6) is 0. The Labute approximate surface area is 91.6 Å². The van der Waals surface area contributed by atoms with Gasteiger partial charge in [0.2, 0.25) is 0 Å². The van der Waals surface area contributed by atoms with Crippen molar-refractivity contribution in [2.75, 3.05) is 0 Å². The van der Waals surface area contributed by atoms with E-state index in [1.807, 2.05) is 0 Å². The van der Waals surface area contributed by atoms with Crippen LogP contribution in [0.3, 0.4) is 0 Å². The Morgan fingerprint density at radius 3 is 2.07 bits per heavy atom. The lowest BCUT2D eigenvalue weighted by molar-refractivity contribution is 1.37. The fourth-order valence-electron chi connectivity index (χ4n) is 1.90. The van der Waals surface area contributed by atoms with Crippen LogP contribution in [0.4, 0.5) is 0 Å². The maximum atomic E-state index is 2.26. The molecule has 0 saturated heterocycles. The van der Waals surface area contributed by atoms with Crippen LogP contribution >= 0.6 is 0 Å². The Kier molecular flexibility index (Phi) is 2.59. The summed E-state index contributed by atoms with van der Waals surface area (Å²) >= 11 is 0. The van der Waals surface area contributed by atoms with E-state index < -0.39 is 0 Å². The van der Waals surface area contributed by atoms with Crippen LogP contribution in [-0.4, -0.2) is 0 Å². The zero-order valence-electron chi connectivity index (χ0n) is 9.54. The molecule has 2 rings (SSSR count). The van der Waals surface area contributed by atoms with Crippen molar-refractivity contribution in [1.82, 2.24) is 0 Å². The predicted molar refractivity (Wildman–Crippen MR) is 66.1 cm³/mol. The predicted octanol–water partition coefficient (Wildman–Crippen LogP) is 4.28. The average Bonchev–Trinajstić information content (AvgIpc) is 2.23. The van der Waals surface area contributed by atoms with Crippen LogP contribution in [0.15, 0.2) is 42.5 Å². The van der Waals surface area contributed by atoms with Crippen molar-refractivity contribution in [3.8, 4) is 11.1 Å². The summed E-state index contributed by atoms with van der Waals surface area (Å²) in [4.78, 5) is 0. The molecule has 0 spiro atoms. The molecule has 0 aliphatic carbocycles. The van der Waals surface area contributed by atoms with Gasteiger partial charge in [-0.05, 0) is 43.0 Å². The van der Waals surface area contributed by atoms with E-state index in [2.05, 4.69) is 63.2 Å². The summed E-state index contributed by atoms with van der Waals surface area (Å²) in [5, 5.41) is 0. The van der Waals surface area contributed by atoms with Gasteiger partial charge < -0.3 is 0 Å². The molecule has 0 nitrogen and oxygen atoms in total. The molecule has 76 valence electrons. The molecule has 0 aromatic heterocycles. The molecular weight excluding hydrogens is 180 g/mol. The van der Waals surface area contributed by atoms with Crippen LogP contribution in [0.5, 0.6) is 0 Å². The Hall–Kier alpha value is -1.56. The molecule has 2 aromatic carbocycles. The Bertz CT molecular complexity index is 481. The van der Waals surface area contributed by atoms with Crippen molar-refractivity contribution in [2.45, 2.75) is 20.8 Å². The first kappa shape index (κ1) is 9.97. The van der Waals surface area contributed by atoms with E-state index in [0.717, 1.165) is 0 Å². The summed E-state index contributed by atoms with van der Waals surface area (Å²) < 4.78 is 0. The molecule has 0 unspecified atom stereocenters. The number of aryl methyl sites for hydroxylation is 3. The maximum Gasteiger partial charge on any atom is -0.0149 e. The molecule has 0 saturated carbocycles. The quantitative estimate of drug-likeness (QED) is 0.638. The third-order valence-corrected chi connectivity index (χ3v) is 2.83. The van der Waals surface area contributed by atoms with Gasteiger partial charge in [-0.1, -0.05) is 48.0 Å². The van der Waals surface area contributed by atoms with Crippen molar-refractivity contribution in [2.24, 2.45) is 0 Å². The van der Waals surface area contributed by atoms with Gasteiger partial charge in [-0.25, -0.2) is 0 Å². The summed E-state index contributed by atoms with van der Waals surface area (Å²) in [5.41, 5.74) is 6.70. The summed E-state index contributed by atoms with van der Waals surface area (Å²) in [6.07, 6.45) is 0. The smallest absolute Gasteiger partial charge is 0.0149 e. The number of hydrogen-bond acceptors (Lipinski definition) is 0. The fourth-order valence-corrected chi connectivity index (χ4v) is 1.90. The van der Waals surface area contributed by atoms with Gasteiger partial charge in [0.25, 0.3) is 0 Å². The molecule has 2 aromatic rings. The van der Waals surface area contributed by atoms with Gasteiger partial charge in [0, 0.05) is 0 Å². The van der Waals surface area contributed by atoms with Crippen molar-refractivity contribution < 1.29 is 0 Å². The van der Waals surface area contributed by atoms with Gasteiger partial charge >= 0.3 is 0 Å². The zero-order valence-corrected chi connectivity index (χ0v) is 9.54. The topological polar surface area (TPSA) is 0 Å². The zero-order chi connectivity index (χ0) is 10.8. The third-order valence-electron chi connectivity index (χ3n) is 2.83. The van der Waals surface area contributed by atoms with Gasteiger partial charge in [-0.15, -0.1) is 0 Å².